The molecule has 0 aliphatic rings. The summed E-state index contributed by atoms with van der Waals surface area (Å²) in [5, 5.41) is 3.01. The molecular weight excluding hydrogens is 868 g/mol. The van der Waals surface area contributed by atoms with Crippen molar-refractivity contribution >= 4 is 19.7 Å². The highest BCUT2D eigenvalue weighted by atomic mass is 31.2. The van der Waals surface area contributed by atoms with Crippen LogP contribution in [0.3, 0.4) is 0 Å². The molecule has 0 aromatic rings. The predicted octanol–water partition coefficient (Wildman–Crippen LogP) is 16.1. The van der Waals surface area contributed by atoms with Gasteiger partial charge in [-0.05, 0) is 76.7 Å². The van der Waals surface area contributed by atoms with Gasteiger partial charge in [-0.25, -0.2) is 0 Å². The number of phosphoric ester groups is 1. The number of carbonyl (C=O) groups excluding carboxylic acids is 2. The van der Waals surface area contributed by atoms with Crippen molar-refractivity contribution in [3.8, 4) is 0 Å². The number of rotatable bonds is 50. The number of unbranched alkanes of at least 4 members (excludes halogenated alkanes) is 28. The number of esters is 1. The second kappa shape index (κ2) is 48.3. The van der Waals surface area contributed by atoms with E-state index in [1.165, 1.54) is 122 Å². The van der Waals surface area contributed by atoms with Crippen molar-refractivity contribution in [3.63, 3.8) is 0 Å². The summed E-state index contributed by atoms with van der Waals surface area (Å²) in [6.07, 6.45) is 58.9. The minimum atomic E-state index is -4.70. The number of hydrogen-bond acceptors (Lipinski definition) is 7. The molecule has 3 atom stereocenters. The molecule has 1 amide bonds. The largest absolute Gasteiger partial charge is 0.756 e. The number of carbonyl (C=O) groups is 2. The number of ether oxygens (including phenoxy) is 1. The van der Waals surface area contributed by atoms with Gasteiger partial charge in [-0.1, -0.05) is 217 Å². The van der Waals surface area contributed by atoms with E-state index >= 15 is 0 Å². The average Bonchev–Trinajstić information content (AvgIpc) is 3.29. The second-order valence-electron chi connectivity index (χ2n) is 20.1. The number of hydrogen-bond donors (Lipinski definition) is 1. The van der Waals surface area contributed by atoms with E-state index in [4.69, 9.17) is 13.8 Å². The molecule has 0 saturated heterocycles. The van der Waals surface area contributed by atoms with Crippen LogP contribution < -0.4 is 10.2 Å². The van der Waals surface area contributed by atoms with Crippen molar-refractivity contribution < 1.29 is 37.3 Å². The molecule has 0 radical (unpaired) electrons. The van der Waals surface area contributed by atoms with E-state index in [1.807, 2.05) is 33.3 Å². The molecule has 10 heteroatoms. The van der Waals surface area contributed by atoms with Crippen molar-refractivity contribution in [1.29, 1.82) is 0 Å². The number of nitrogens with zero attached hydrogens (tertiary/aromatic N) is 1. The summed E-state index contributed by atoms with van der Waals surface area (Å²) in [5.74, 6) is -0.573. The van der Waals surface area contributed by atoms with Gasteiger partial charge < -0.3 is 28.5 Å². The highest BCUT2D eigenvalue weighted by Gasteiger charge is 2.27. The fourth-order valence-electron chi connectivity index (χ4n) is 7.87. The van der Waals surface area contributed by atoms with E-state index in [0.29, 0.717) is 23.9 Å². The zero-order chi connectivity index (χ0) is 50.1. The third kappa shape index (κ3) is 48.7. The number of amides is 1. The average molecular weight is 975 g/mol. The minimum Gasteiger partial charge on any atom is -0.756 e. The molecule has 396 valence electrons. The summed E-state index contributed by atoms with van der Waals surface area (Å²) < 4.78 is 30.2. The summed E-state index contributed by atoms with van der Waals surface area (Å²) in [6.45, 7) is 6.69. The van der Waals surface area contributed by atoms with Crippen molar-refractivity contribution in [1.82, 2.24) is 5.32 Å². The quantitative estimate of drug-likeness (QED) is 0.0161. The van der Waals surface area contributed by atoms with Crippen molar-refractivity contribution in [2.24, 2.45) is 0 Å². The number of quaternary nitrogens is 1. The van der Waals surface area contributed by atoms with Gasteiger partial charge in [-0.2, -0.15) is 0 Å². The maximum absolute atomic E-state index is 13.5. The molecular formula is C58H107N2O7P. The molecule has 3 unspecified atom stereocenters. The van der Waals surface area contributed by atoms with E-state index in [0.717, 1.165) is 83.5 Å². The van der Waals surface area contributed by atoms with Gasteiger partial charge in [-0.15, -0.1) is 0 Å². The summed E-state index contributed by atoms with van der Waals surface area (Å²) in [6, 6.07) is -0.900. The van der Waals surface area contributed by atoms with E-state index in [9.17, 15) is 19.0 Å². The SMILES string of the molecule is CC/C=C/C=C/C=C/CCCCCCCCCC(=O)NC(COP(=O)([O-])OCC[N+](C)(C)C)C(/C=C/CCCCCCCCCCCCC)OC(=O)CCCCC/C=C\CCCCCCCCC. The Bertz CT molecular complexity index is 1350. The Labute approximate surface area is 420 Å². The van der Waals surface area contributed by atoms with Gasteiger partial charge in [0.2, 0.25) is 5.91 Å². The summed E-state index contributed by atoms with van der Waals surface area (Å²) >= 11 is 0. The third-order valence-corrected chi connectivity index (χ3v) is 13.2. The van der Waals surface area contributed by atoms with Crippen molar-refractivity contribution in [3.05, 3.63) is 60.8 Å². The molecule has 1 N–H and O–H groups in total. The lowest BCUT2D eigenvalue weighted by Gasteiger charge is -2.30. The molecule has 0 rings (SSSR count). The van der Waals surface area contributed by atoms with Crippen LogP contribution in [0.15, 0.2) is 60.8 Å². The fraction of sp³-hybridized carbons (Fsp3) is 0.793. The molecule has 0 fully saturated rings. The fourth-order valence-corrected chi connectivity index (χ4v) is 8.59. The Balaban J connectivity index is 5.43. The Morgan fingerprint density at radius 3 is 1.46 bits per heavy atom. The molecule has 68 heavy (non-hydrogen) atoms. The van der Waals surface area contributed by atoms with Gasteiger partial charge in [0, 0.05) is 12.8 Å². The zero-order valence-corrected chi connectivity index (χ0v) is 45.9. The molecule has 0 bridgehead atoms. The Hall–Kier alpha value is -2.29. The first-order valence-electron chi connectivity index (χ1n) is 28.1. The first kappa shape index (κ1) is 65.7. The van der Waals surface area contributed by atoms with Crippen LogP contribution in [0.25, 0.3) is 0 Å². The van der Waals surface area contributed by atoms with Crippen molar-refractivity contribution in [2.75, 3.05) is 40.9 Å². The lowest BCUT2D eigenvalue weighted by molar-refractivity contribution is -0.870. The molecule has 0 aliphatic heterocycles. The zero-order valence-electron chi connectivity index (χ0n) is 45.1. The Morgan fingerprint density at radius 2 is 0.956 bits per heavy atom. The summed E-state index contributed by atoms with van der Waals surface area (Å²) in [7, 11) is 1.16. The van der Waals surface area contributed by atoms with Crippen molar-refractivity contribution in [2.45, 2.75) is 258 Å². The van der Waals surface area contributed by atoms with E-state index in [2.05, 4.69) is 74.7 Å². The van der Waals surface area contributed by atoms with Gasteiger partial charge in [0.1, 0.15) is 19.3 Å². The van der Waals surface area contributed by atoms with E-state index in [1.54, 1.807) is 0 Å². The second-order valence-corrected chi connectivity index (χ2v) is 21.5. The van der Waals surface area contributed by atoms with E-state index in [-0.39, 0.29) is 24.9 Å². The molecule has 9 nitrogen and oxygen atoms in total. The van der Waals surface area contributed by atoms with Gasteiger partial charge in [0.25, 0.3) is 7.82 Å². The highest BCUT2D eigenvalue weighted by Crippen LogP contribution is 2.38. The Kier molecular flexibility index (Phi) is 46.7. The number of allylic oxidation sites excluding steroid dienone is 9. The first-order valence-corrected chi connectivity index (χ1v) is 29.6. The van der Waals surface area contributed by atoms with Gasteiger partial charge >= 0.3 is 5.97 Å². The maximum Gasteiger partial charge on any atom is 0.306 e. The van der Waals surface area contributed by atoms with Crippen LogP contribution in [0.5, 0.6) is 0 Å². The van der Waals surface area contributed by atoms with Crippen LogP contribution in [0, 0.1) is 0 Å². The summed E-state index contributed by atoms with van der Waals surface area (Å²) in [4.78, 5) is 39.8. The van der Waals surface area contributed by atoms with E-state index < -0.39 is 26.6 Å². The van der Waals surface area contributed by atoms with Gasteiger partial charge in [0.05, 0.1) is 33.8 Å². The van der Waals surface area contributed by atoms with Gasteiger partial charge in [0.15, 0.2) is 0 Å². The Morgan fingerprint density at radius 1 is 0.529 bits per heavy atom. The minimum absolute atomic E-state index is 0.0284. The number of phosphoric acid groups is 1. The topological polar surface area (TPSA) is 114 Å². The standard InChI is InChI=1S/C58H107N2O7P/c1-7-10-13-16-19-22-25-28-30-32-35-38-41-44-47-50-57(61)59-55(54-66-68(63,64)65-53-52-60(4,5)6)56(49-46-43-40-37-34-31-27-24-21-18-15-12-9-3)67-58(62)51-48-45-42-39-36-33-29-26-23-20-17-14-11-8-2/h10,13,16,19,22,25,33,36,46,49,55-56H,7-9,11-12,14-15,17-18,20-21,23-24,26-32,34-35,37-45,47-48,50-54H2,1-6H3,(H-,59,61,63,64)/b13-10+,19-16+,25-22+,36-33-,49-46+. The predicted molar refractivity (Wildman–Crippen MR) is 289 cm³/mol. The van der Waals surface area contributed by atoms with Crippen LogP contribution in [0.4, 0.5) is 0 Å². The lowest BCUT2D eigenvalue weighted by atomic mass is 10.0. The van der Waals surface area contributed by atoms with Crippen LogP contribution in [0.2, 0.25) is 0 Å². The molecule has 0 heterocycles. The van der Waals surface area contributed by atoms with Crippen LogP contribution >= 0.6 is 7.82 Å². The molecule has 0 saturated carbocycles. The molecule has 0 aliphatic carbocycles. The first-order chi connectivity index (χ1) is 32.9. The molecule has 0 spiro atoms. The highest BCUT2D eigenvalue weighted by molar-refractivity contribution is 7.45. The monoisotopic (exact) mass is 975 g/mol. The third-order valence-electron chi connectivity index (χ3n) is 12.2. The van der Waals surface area contributed by atoms with Gasteiger partial charge in [-0.3, -0.25) is 14.2 Å². The lowest BCUT2D eigenvalue weighted by Crippen LogP contribution is -2.47. The van der Waals surface area contributed by atoms with Crippen LogP contribution in [0.1, 0.15) is 245 Å². The molecule has 0 aromatic carbocycles. The number of likely N-dealkylation sites (N-methyl/N-ethyl adjacent to an activating group) is 1. The summed E-state index contributed by atoms with van der Waals surface area (Å²) in [5.41, 5.74) is 0. The molecule has 0 aromatic heterocycles. The maximum atomic E-state index is 13.5. The van der Waals surface area contributed by atoms with Crippen LogP contribution in [-0.4, -0.2) is 69.4 Å². The smallest absolute Gasteiger partial charge is 0.306 e. The normalized spacial score (nSPS) is 14.3. The van der Waals surface area contributed by atoms with Crippen LogP contribution in [-0.2, 0) is 27.9 Å². The number of nitrogens with one attached hydrogen (secondary N) is 1.